The average Bonchev–Trinajstić information content (AvgIpc) is 2.32. The van der Waals surface area contributed by atoms with Gasteiger partial charge in [-0.1, -0.05) is 49.7 Å². The van der Waals surface area contributed by atoms with Crippen LogP contribution in [0.1, 0.15) is 34.1 Å². The van der Waals surface area contributed by atoms with Crippen LogP contribution in [0.3, 0.4) is 0 Å². The molecule has 0 spiro atoms. The molecule has 0 aliphatic rings. The standard InChI is InChI=1S/C15H24BrNOS/c1-5-9-17-14(15(2,3)4)11-19(18)13-8-6-7-12(16)10-13/h6-8,10,14,17H,5,9,11H2,1-4H3. The summed E-state index contributed by atoms with van der Waals surface area (Å²) in [6.07, 6.45) is 1.09. The minimum absolute atomic E-state index is 0.108. The second kappa shape index (κ2) is 7.55. The second-order valence-electron chi connectivity index (χ2n) is 5.84. The Morgan fingerprint density at radius 2 is 2.05 bits per heavy atom. The van der Waals surface area contributed by atoms with Crippen molar-refractivity contribution in [3.63, 3.8) is 0 Å². The van der Waals surface area contributed by atoms with Gasteiger partial charge in [-0.15, -0.1) is 0 Å². The van der Waals surface area contributed by atoms with Crippen molar-refractivity contribution in [3.8, 4) is 0 Å². The molecule has 19 heavy (non-hydrogen) atoms. The third kappa shape index (κ3) is 5.76. The molecule has 0 saturated heterocycles. The monoisotopic (exact) mass is 345 g/mol. The summed E-state index contributed by atoms with van der Waals surface area (Å²) in [6, 6.07) is 8.02. The average molecular weight is 346 g/mol. The summed E-state index contributed by atoms with van der Waals surface area (Å²) in [7, 11) is -0.966. The normalized spacial score (nSPS) is 15.2. The van der Waals surface area contributed by atoms with Gasteiger partial charge in [0.1, 0.15) is 0 Å². The third-order valence-electron chi connectivity index (χ3n) is 3.06. The Bertz CT molecular complexity index is 428. The van der Waals surface area contributed by atoms with Gasteiger partial charge in [0.05, 0.1) is 10.8 Å². The molecule has 1 aromatic carbocycles. The first-order valence-corrected chi connectivity index (χ1v) is 8.83. The van der Waals surface area contributed by atoms with Gasteiger partial charge in [0.2, 0.25) is 0 Å². The van der Waals surface area contributed by atoms with E-state index in [9.17, 15) is 4.21 Å². The molecule has 0 aliphatic heterocycles. The van der Waals surface area contributed by atoms with Gasteiger partial charge < -0.3 is 5.32 Å². The summed E-state index contributed by atoms with van der Waals surface area (Å²) < 4.78 is 13.4. The zero-order valence-corrected chi connectivity index (χ0v) is 14.6. The highest BCUT2D eigenvalue weighted by Gasteiger charge is 2.26. The molecule has 1 rings (SSSR count). The molecular formula is C15H24BrNOS. The van der Waals surface area contributed by atoms with E-state index in [1.807, 2.05) is 24.3 Å². The fourth-order valence-electron chi connectivity index (χ4n) is 1.79. The van der Waals surface area contributed by atoms with E-state index < -0.39 is 10.8 Å². The molecule has 1 N–H and O–H groups in total. The van der Waals surface area contributed by atoms with E-state index in [4.69, 9.17) is 0 Å². The summed E-state index contributed by atoms with van der Waals surface area (Å²) in [6.45, 7) is 9.70. The lowest BCUT2D eigenvalue weighted by atomic mass is 9.88. The molecule has 0 aliphatic carbocycles. The van der Waals surface area contributed by atoms with E-state index in [1.54, 1.807) is 0 Å². The smallest absolute Gasteiger partial charge is 0.0545 e. The van der Waals surface area contributed by atoms with Crippen molar-refractivity contribution >= 4 is 26.7 Å². The van der Waals surface area contributed by atoms with Gasteiger partial charge in [-0.25, -0.2) is 0 Å². The number of benzene rings is 1. The van der Waals surface area contributed by atoms with Crippen LogP contribution in [0.25, 0.3) is 0 Å². The largest absolute Gasteiger partial charge is 0.313 e. The summed E-state index contributed by atoms with van der Waals surface area (Å²) >= 11 is 3.43. The topological polar surface area (TPSA) is 29.1 Å². The molecule has 0 radical (unpaired) electrons. The molecule has 0 bridgehead atoms. The SMILES string of the molecule is CCCNC(CS(=O)c1cccc(Br)c1)C(C)(C)C. The van der Waals surface area contributed by atoms with Crippen LogP contribution in [0.15, 0.2) is 33.6 Å². The number of nitrogens with one attached hydrogen (secondary N) is 1. The van der Waals surface area contributed by atoms with E-state index >= 15 is 0 Å². The first kappa shape index (κ1) is 16.9. The maximum Gasteiger partial charge on any atom is 0.0545 e. The van der Waals surface area contributed by atoms with E-state index in [0.717, 1.165) is 22.3 Å². The van der Waals surface area contributed by atoms with Gasteiger partial charge in [-0.2, -0.15) is 0 Å². The van der Waals surface area contributed by atoms with E-state index in [1.165, 1.54) is 0 Å². The first-order valence-electron chi connectivity index (χ1n) is 6.72. The molecule has 108 valence electrons. The zero-order chi connectivity index (χ0) is 14.5. The molecule has 2 unspecified atom stereocenters. The Labute approximate surface area is 128 Å². The molecule has 1 aromatic rings. The van der Waals surface area contributed by atoms with Crippen LogP contribution in [0.5, 0.6) is 0 Å². The number of hydrogen-bond acceptors (Lipinski definition) is 2. The van der Waals surface area contributed by atoms with Crippen molar-refractivity contribution in [2.75, 3.05) is 12.3 Å². The fourth-order valence-corrected chi connectivity index (χ4v) is 3.94. The van der Waals surface area contributed by atoms with Gasteiger partial charge in [0.15, 0.2) is 0 Å². The van der Waals surface area contributed by atoms with Crippen molar-refractivity contribution in [3.05, 3.63) is 28.7 Å². The number of hydrogen-bond donors (Lipinski definition) is 1. The molecular weight excluding hydrogens is 322 g/mol. The van der Waals surface area contributed by atoms with Crippen molar-refractivity contribution < 1.29 is 4.21 Å². The molecule has 0 heterocycles. The van der Waals surface area contributed by atoms with Crippen LogP contribution >= 0.6 is 15.9 Å². The maximum atomic E-state index is 12.5. The zero-order valence-electron chi connectivity index (χ0n) is 12.2. The Morgan fingerprint density at radius 1 is 1.37 bits per heavy atom. The lowest BCUT2D eigenvalue weighted by Gasteiger charge is -2.31. The minimum Gasteiger partial charge on any atom is -0.313 e. The van der Waals surface area contributed by atoms with Crippen LogP contribution in [0.4, 0.5) is 0 Å². The molecule has 0 fully saturated rings. The predicted molar refractivity (Wildman–Crippen MR) is 87.0 cm³/mol. The molecule has 2 nitrogen and oxygen atoms in total. The van der Waals surface area contributed by atoms with Gasteiger partial charge in [-0.05, 0) is 36.6 Å². The maximum absolute atomic E-state index is 12.5. The Hall–Kier alpha value is -0.190. The highest BCUT2D eigenvalue weighted by molar-refractivity contribution is 9.10. The van der Waals surface area contributed by atoms with Crippen LogP contribution in [0.2, 0.25) is 0 Å². The number of halogens is 1. The Kier molecular flexibility index (Phi) is 6.71. The van der Waals surface area contributed by atoms with Crippen LogP contribution < -0.4 is 5.32 Å². The molecule has 0 amide bonds. The highest BCUT2D eigenvalue weighted by Crippen LogP contribution is 2.22. The fraction of sp³-hybridized carbons (Fsp3) is 0.600. The summed E-state index contributed by atoms with van der Waals surface area (Å²) in [5.74, 6) is 0.653. The van der Waals surface area contributed by atoms with Gasteiger partial charge >= 0.3 is 0 Å². The van der Waals surface area contributed by atoms with Crippen molar-refractivity contribution in [1.82, 2.24) is 5.32 Å². The lowest BCUT2D eigenvalue weighted by molar-refractivity contribution is 0.290. The Morgan fingerprint density at radius 3 is 2.58 bits per heavy atom. The Balaban J connectivity index is 2.76. The highest BCUT2D eigenvalue weighted by atomic mass is 79.9. The quantitative estimate of drug-likeness (QED) is 0.844. The third-order valence-corrected chi connectivity index (χ3v) is 4.97. The van der Waals surface area contributed by atoms with E-state index in [2.05, 4.69) is 48.9 Å². The summed E-state index contributed by atoms with van der Waals surface area (Å²) in [4.78, 5) is 0.891. The molecule has 2 atom stereocenters. The number of rotatable bonds is 6. The van der Waals surface area contributed by atoms with Crippen molar-refractivity contribution in [2.45, 2.75) is 45.1 Å². The summed E-state index contributed by atoms with van der Waals surface area (Å²) in [5, 5.41) is 3.52. The van der Waals surface area contributed by atoms with Gasteiger partial charge in [0, 0.05) is 21.2 Å². The van der Waals surface area contributed by atoms with E-state index in [-0.39, 0.29) is 11.5 Å². The van der Waals surface area contributed by atoms with Crippen molar-refractivity contribution in [1.29, 1.82) is 0 Å². The minimum atomic E-state index is -0.966. The molecule has 4 heteroatoms. The van der Waals surface area contributed by atoms with Gasteiger partial charge in [-0.3, -0.25) is 4.21 Å². The molecule has 0 saturated carbocycles. The van der Waals surface area contributed by atoms with Crippen LogP contribution in [0, 0.1) is 5.41 Å². The second-order valence-corrected chi connectivity index (χ2v) is 8.25. The van der Waals surface area contributed by atoms with E-state index in [0.29, 0.717) is 5.75 Å². The predicted octanol–water partition coefficient (Wildman–Crippen LogP) is 3.97. The lowest BCUT2D eigenvalue weighted by Crippen LogP contribution is -2.44. The van der Waals surface area contributed by atoms with Crippen molar-refractivity contribution in [2.24, 2.45) is 5.41 Å². The summed E-state index contributed by atoms with van der Waals surface area (Å²) in [5.41, 5.74) is 0.108. The van der Waals surface area contributed by atoms with Gasteiger partial charge in [0.25, 0.3) is 0 Å². The van der Waals surface area contributed by atoms with Crippen LogP contribution in [-0.4, -0.2) is 22.5 Å². The first-order chi connectivity index (χ1) is 8.84. The molecule has 0 aromatic heterocycles. The van der Waals surface area contributed by atoms with Crippen LogP contribution in [-0.2, 0) is 10.8 Å².